The summed E-state index contributed by atoms with van der Waals surface area (Å²) in [5, 5.41) is 20.7. The van der Waals surface area contributed by atoms with E-state index in [1.54, 1.807) is 7.11 Å². The number of nitrogens with zero attached hydrogens (tertiary/aromatic N) is 2. The predicted octanol–water partition coefficient (Wildman–Crippen LogP) is 0.165. The largest absolute Gasteiger partial charge is 0.483 e. The number of aryl methyl sites for hydroxylation is 1. The van der Waals surface area contributed by atoms with Crippen molar-refractivity contribution in [1.29, 1.82) is 0 Å². The highest BCUT2D eigenvalue weighted by molar-refractivity contribution is 5.32. The first kappa shape index (κ1) is 16.6. The van der Waals surface area contributed by atoms with Gasteiger partial charge in [0.1, 0.15) is 5.76 Å². The van der Waals surface area contributed by atoms with E-state index in [1.807, 2.05) is 13.0 Å². The zero-order valence-electron chi connectivity index (χ0n) is 11.9. The number of aromatic nitrogens is 1. The Bertz CT molecular complexity index is 396. The van der Waals surface area contributed by atoms with Crippen LogP contribution in [0.3, 0.4) is 0 Å². The molecule has 0 aromatic carbocycles. The van der Waals surface area contributed by atoms with Crippen LogP contribution in [0.15, 0.2) is 10.6 Å². The second-order valence-electron chi connectivity index (χ2n) is 4.82. The van der Waals surface area contributed by atoms with E-state index in [0.29, 0.717) is 6.61 Å². The fourth-order valence-corrected chi connectivity index (χ4v) is 2.32. The third-order valence-electron chi connectivity index (χ3n) is 3.23. The highest BCUT2D eigenvalue weighted by Gasteiger charge is 2.31. The Hall–Kier alpha value is -1.44. The monoisotopic (exact) mass is 286 g/mol. The second kappa shape index (κ2) is 8.68. The summed E-state index contributed by atoms with van der Waals surface area (Å²) in [4.78, 5) is 10.6. The van der Waals surface area contributed by atoms with Crippen LogP contribution in [0.25, 0.3) is 0 Å². The molecule has 0 spiro atoms. The van der Waals surface area contributed by atoms with E-state index < -0.39 is 0 Å². The fraction of sp³-hybridized carbons (Fsp3) is 0.692. The number of ether oxygens (including phenoxy) is 1. The molecular weight excluding hydrogens is 264 g/mol. The number of β-amino-alcohol motifs (C(OH)–C–C–N with tert-alkyl or cyclic N) is 1. The third-order valence-corrected chi connectivity index (χ3v) is 3.23. The van der Waals surface area contributed by atoms with Gasteiger partial charge in [-0.15, -0.1) is 0 Å². The van der Waals surface area contributed by atoms with Gasteiger partial charge >= 0.3 is 0 Å². The molecule has 2 N–H and O–H groups in total. The van der Waals surface area contributed by atoms with Gasteiger partial charge in [0.15, 0.2) is 0 Å². The Morgan fingerprint density at radius 1 is 1.60 bits per heavy atom. The molecular formula is C13H22N2O5. The summed E-state index contributed by atoms with van der Waals surface area (Å²) in [5.41, 5.74) is 0.892. The minimum atomic E-state index is -0.280. The standard InChI is InChI=1S/C12H20N2O3.CH2O2/c1-9-5-11(17-13-9)6-10-7-14(3-4-16-2)8-12(10)15;2-1-3/h5,10,12,15H,3-4,6-8H2,1-2H3;1H,(H,2,3)/t10-,12+;/m1./s1. The average molecular weight is 286 g/mol. The summed E-state index contributed by atoms with van der Waals surface area (Å²) in [6.07, 6.45) is 0.475. The Kier molecular flexibility index (Phi) is 7.21. The van der Waals surface area contributed by atoms with Crippen molar-refractivity contribution in [3.8, 4) is 0 Å². The zero-order chi connectivity index (χ0) is 15.0. The first-order valence-electron chi connectivity index (χ1n) is 6.50. The van der Waals surface area contributed by atoms with Crippen molar-refractivity contribution in [3.05, 3.63) is 17.5 Å². The number of methoxy groups -OCH3 is 1. The zero-order valence-corrected chi connectivity index (χ0v) is 11.9. The average Bonchev–Trinajstić information content (AvgIpc) is 2.95. The molecule has 20 heavy (non-hydrogen) atoms. The Labute approximate surface area is 118 Å². The van der Waals surface area contributed by atoms with Crippen LogP contribution in [0.5, 0.6) is 0 Å². The number of hydrogen-bond donors (Lipinski definition) is 2. The molecule has 2 atom stereocenters. The molecule has 0 amide bonds. The number of hydrogen-bond acceptors (Lipinski definition) is 6. The Morgan fingerprint density at radius 3 is 2.85 bits per heavy atom. The normalized spacial score (nSPS) is 22.4. The quantitative estimate of drug-likeness (QED) is 0.745. The van der Waals surface area contributed by atoms with Crippen molar-refractivity contribution in [2.45, 2.75) is 19.4 Å². The van der Waals surface area contributed by atoms with E-state index in [-0.39, 0.29) is 18.5 Å². The van der Waals surface area contributed by atoms with E-state index in [9.17, 15) is 5.11 Å². The van der Waals surface area contributed by atoms with Crippen LogP contribution < -0.4 is 0 Å². The van der Waals surface area contributed by atoms with Crippen LogP contribution in [0.1, 0.15) is 11.5 Å². The summed E-state index contributed by atoms with van der Waals surface area (Å²) < 4.78 is 10.2. The number of rotatable bonds is 5. The lowest BCUT2D eigenvalue weighted by Crippen LogP contribution is -2.25. The molecule has 0 radical (unpaired) electrons. The molecule has 7 heteroatoms. The second-order valence-corrected chi connectivity index (χ2v) is 4.82. The van der Waals surface area contributed by atoms with E-state index in [0.717, 1.165) is 37.5 Å². The number of carbonyl (C=O) groups is 1. The number of carboxylic acid groups (broad SMARTS) is 1. The van der Waals surface area contributed by atoms with Gasteiger partial charge in [-0.2, -0.15) is 0 Å². The van der Waals surface area contributed by atoms with E-state index in [1.165, 1.54) is 0 Å². The first-order valence-corrected chi connectivity index (χ1v) is 6.50. The maximum atomic E-state index is 9.98. The van der Waals surface area contributed by atoms with Crippen molar-refractivity contribution in [2.75, 3.05) is 33.4 Å². The minimum absolute atomic E-state index is 0.235. The van der Waals surface area contributed by atoms with Crippen LogP contribution in [-0.4, -0.2) is 66.2 Å². The highest BCUT2D eigenvalue weighted by atomic mass is 16.5. The maximum absolute atomic E-state index is 9.98. The van der Waals surface area contributed by atoms with Crippen LogP contribution in [-0.2, 0) is 16.0 Å². The van der Waals surface area contributed by atoms with Gasteiger partial charge in [-0.05, 0) is 6.92 Å². The van der Waals surface area contributed by atoms with Crippen LogP contribution in [0.2, 0.25) is 0 Å². The lowest BCUT2D eigenvalue weighted by Gasteiger charge is -2.13. The van der Waals surface area contributed by atoms with Crippen molar-refractivity contribution in [2.24, 2.45) is 5.92 Å². The molecule has 0 unspecified atom stereocenters. The molecule has 1 saturated heterocycles. The van der Waals surface area contributed by atoms with Gasteiger partial charge in [-0.3, -0.25) is 9.69 Å². The van der Waals surface area contributed by atoms with Gasteiger partial charge in [-0.1, -0.05) is 5.16 Å². The van der Waals surface area contributed by atoms with Gasteiger partial charge in [0, 0.05) is 45.1 Å². The number of aliphatic hydroxyl groups excluding tert-OH is 1. The molecule has 0 bridgehead atoms. The molecule has 2 rings (SSSR count). The van der Waals surface area contributed by atoms with Crippen molar-refractivity contribution in [1.82, 2.24) is 10.1 Å². The molecule has 0 saturated carbocycles. The van der Waals surface area contributed by atoms with Crippen molar-refractivity contribution < 1.29 is 24.3 Å². The molecule has 1 aromatic rings. The van der Waals surface area contributed by atoms with Gasteiger partial charge in [0.05, 0.1) is 18.4 Å². The molecule has 0 aliphatic carbocycles. The summed E-state index contributed by atoms with van der Waals surface area (Å²) in [5.74, 6) is 1.10. The van der Waals surface area contributed by atoms with Gasteiger partial charge in [0.2, 0.25) is 0 Å². The predicted molar refractivity (Wildman–Crippen MR) is 71.4 cm³/mol. The highest BCUT2D eigenvalue weighted by Crippen LogP contribution is 2.21. The topological polar surface area (TPSA) is 96.0 Å². The lowest BCUT2D eigenvalue weighted by molar-refractivity contribution is -0.122. The SMILES string of the molecule is COCCN1C[C@@H](Cc2cc(C)no2)[C@@H](O)C1.O=CO. The number of aliphatic hydroxyl groups is 1. The summed E-state index contributed by atoms with van der Waals surface area (Å²) >= 11 is 0. The van der Waals surface area contributed by atoms with Gasteiger partial charge in [-0.25, -0.2) is 0 Å². The summed E-state index contributed by atoms with van der Waals surface area (Å²) in [7, 11) is 1.70. The van der Waals surface area contributed by atoms with Crippen LogP contribution in [0.4, 0.5) is 0 Å². The van der Waals surface area contributed by atoms with Gasteiger partial charge < -0.3 is 19.5 Å². The molecule has 7 nitrogen and oxygen atoms in total. The molecule has 1 aliphatic rings. The van der Waals surface area contributed by atoms with Crippen molar-refractivity contribution >= 4 is 6.47 Å². The molecule has 114 valence electrons. The lowest BCUT2D eigenvalue weighted by atomic mass is 10.0. The van der Waals surface area contributed by atoms with E-state index in [4.69, 9.17) is 19.2 Å². The summed E-state index contributed by atoms with van der Waals surface area (Å²) in [6.45, 7) is 4.86. The molecule has 2 heterocycles. The van der Waals surface area contributed by atoms with E-state index in [2.05, 4.69) is 10.1 Å². The van der Waals surface area contributed by atoms with Crippen LogP contribution >= 0.6 is 0 Å². The molecule has 1 fully saturated rings. The maximum Gasteiger partial charge on any atom is 0.290 e. The fourth-order valence-electron chi connectivity index (χ4n) is 2.32. The Balaban J connectivity index is 0.000000612. The molecule has 1 aliphatic heterocycles. The smallest absolute Gasteiger partial charge is 0.290 e. The Morgan fingerprint density at radius 2 is 2.30 bits per heavy atom. The number of likely N-dealkylation sites (tertiary alicyclic amines) is 1. The third kappa shape index (κ3) is 5.28. The summed E-state index contributed by atoms with van der Waals surface area (Å²) in [6, 6.07) is 1.94. The van der Waals surface area contributed by atoms with Crippen molar-refractivity contribution in [3.63, 3.8) is 0 Å². The van der Waals surface area contributed by atoms with Gasteiger partial charge in [0.25, 0.3) is 6.47 Å². The first-order chi connectivity index (χ1) is 9.60. The van der Waals surface area contributed by atoms with E-state index >= 15 is 0 Å². The molecule has 1 aromatic heterocycles. The van der Waals surface area contributed by atoms with Crippen LogP contribution in [0, 0.1) is 12.8 Å². The minimum Gasteiger partial charge on any atom is -0.483 e.